The van der Waals surface area contributed by atoms with Crippen molar-refractivity contribution in [2.24, 2.45) is 0 Å². The third-order valence-electron chi connectivity index (χ3n) is 4.50. The summed E-state index contributed by atoms with van der Waals surface area (Å²) in [7, 11) is 0. The standard InChI is InChI=1S/C22H13BrF2S2/c23-12-9-10-18(25)16(11-12)20-14-6-2-1-5-13(14)19(21(26)22(20)27)15-7-3-4-8-17(15)24/h1-11,26-27H. The minimum Gasteiger partial charge on any atom is -0.206 e. The van der Waals surface area contributed by atoms with Crippen LogP contribution < -0.4 is 0 Å². The second-order valence-corrected chi connectivity index (χ2v) is 7.91. The SMILES string of the molecule is Fc1ccccc1-c1c(S)c(S)c(-c2cc(Br)ccc2F)c2ccccc12. The molecule has 0 fully saturated rings. The van der Waals surface area contributed by atoms with Crippen molar-refractivity contribution in [3.8, 4) is 22.3 Å². The van der Waals surface area contributed by atoms with Crippen LogP contribution in [-0.2, 0) is 0 Å². The average Bonchev–Trinajstić information content (AvgIpc) is 2.66. The van der Waals surface area contributed by atoms with E-state index >= 15 is 0 Å². The zero-order chi connectivity index (χ0) is 19.1. The van der Waals surface area contributed by atoms with E-state index in [1.165, 1.54) is 12.1 Å². The average molecular weight is 459 g/mol. The van der Waals surface area contributed by atoms with Gasteiger partial charge in [0.1, 0.15) is 11.6 Å². The highest BCUT2D eigenvalue weighted by Gasteiger charge is 2.21. The summed E-state index contributed by atoms with van der Waals surface area (Å²) in [6, 6.07) is 18.8. The molecule has 0 saturated heterocycles. The number of benzene rings is 4. The fourth-order valence-electron chi connectivity index (χ4n) is 3.31. The van der Waals surface area contributed by atoms with Crippen molar-refractivity contribution in [1.29, 1.82) is 0 Å². The summed E-state index contributed by atoms with van der Waals surface area (Å²) in [6.07, 6.45) is 0. The van der Waals surface area contributed by atoms with E-state index in [4.69, 9.17) is 0 Å². The van der Waals surface area contributed by atoms with E-state index in [0.717, 1.165) is 15.2 Å². The molecule has 0 atom stereocenters. The quantitative estimate of drug-likeness (QED) is 0.281. The van der Waals surface area contributed by atoms with Gasteiger partial charge >= 0.3 is 0 Å². The molecule has 0 unspecified atom stereocenters. The molecule has 0 aromatic heterocycles. The molecule has 0 bridgehead atoms. The Morgan fingerprint density at radius 2 is 1.15 bits per heavy atom. The van der Waals surface area contributed by atoms with Crippen molar-refractivity contribution in [2.75, 3.05) is 0 Å². The van der Waals surface area contributed by atoms with Crippen molar-refractivity contribution >= 4 is 52.0 Å². The normalized spacial score (nSPS) is 11.1. The van der Waals surface area contributed by atoms with Gasteiger partial charge < -0.3 is 0 Å². The Balaban J connectivity index is 2.17. The fraction of sp³-hybridized carbons (Fsp3) is 0. The molecule has 5 heteroatoms. The number of hydrogen-bond acceptors (Lipinski definition) is 2. The van der Waals surface area contributed by atoms with E-state index in [9.17, 15) is 8.78 Å². The maximum absolute atomic E-state index is 14.6. The molecule has 0 aliphatic rings. The molecule has 4 aromatic rings. The van der Waals surface area contributed by atoms with Crippen LogP contribution in [0.5, 0.6) is 0 Å². The summed E-state index contributed by atoms with van der Waals surface area (Å²) in [5, 5.41) is 1.58. The lowest BCUT2D eigenvalue weighted by atomic mass is 9.91. The van der Waals surface area contributed by atoms with Crippen molar-refractivity contribution in [3.63, 3.8) is 0 Å². The van der Waals surface area contributed by atoms with Gasteiger partial charge in [-0.3, -0.25) is 0 Å². The zero-order valence-electron chi connectivity index (χ0n) is 13.9. The molecular weight excluding hydrogens is 446 g/mol. The summed E-state index contributed by atoms with van der Waals surface area (Å²) >= 11 is 12.7. The van der Waals surface area contributed by atoms with Gasteiger partial charge in [0.15, 0.2) is 0 Å². The lowest BCUT2D eigenvalue weighted by Crippen LogP contribution is -1.95. The van der Waals surface area contributed by atoms with E-state index in [1.54, 1.807) is 30.3 Å². The Kier molecular flexibility index (Phi) is 5.01. The van der Waals surface area contributed by atoms with Gasteiger partial charge in [0.2, 0.25) is 0 Å². The Morgan fingerprint density at radius 1 is 0.630 bits per heavy atom. The second kappa shape index (κ2) is 7.30. The van der Waals surface area contributed by atoms with Crippen LogP contribution in [0.15, 0.2) is 81.0 Å². The third-order valence-corrected chi connectivity index (χ3v) is 6.07. The monoisotopic (exact) mass is 458 g/mol. The summed E-state index contributed by atoms with van der Waals surface area (Å²) in [6.45, 7) is 0. The number of rotatable bonds is 2. The Labute approximate surface area is 175 Å². The van der Waals surface area contributed by atoms with Crippen LogP contribution in [-0.4, -0.2) is 0 Å². The van der Waals surface area contributed by atoms with Gasteiger partial charge in [-0.05, 0) is 35.0 Å². The summed E-state index contributed by atoms with van der Waals surface area (Å²) in [5.74, 6) is -0.697. The van der Waals surface area contributed by atoms with Gasteiger partial charge in [-0.25, -0.2) is 8.78 Å². The van der Waals surface area contributed by atoms with Gasteiger partial charge in [-0.2, -0.15) is 0 Å². The van der Waals surface area contributed by atoms with E-state index in [2.05, 4.69) is 41.2 Å². The first-order valence-electron chi connectivity index (χ1n) is 8.16. The molecule has 4 aromatic carbocycles. The second-order valence-electron chi connectivity index (χ2n) is 6.10. The maximum Gasteiger partial charge on any atom is 0.131 e. The van der Waals surface area contributed by atoms with Gasteiger partial charge in [0.25, 0.3) is 0 Å². The highest BCUT2D eigenvalue weighted by Crippen LogP contribution is 2.46. The Hall–Kier alpha value is -1.82. The van der Waals surface area contributed by atoms with Crippen LogP contribution in [0.3, 0.4) is 0 Å². The first-order chi connectivity index (χ1) is 13.0. The smallest absolute Gasteiger partial charge is 0.131 e. The lowest BCUT2D eigenvalue weighted by molar-refractivity contribution is 0.630. The predicted molar refractivity (Wildman–Crippen MR) is 117 cm³/mol. The molecule has 0 heterocycles. The first-order valence-corrected chi connectivity index (χ1v) is 9.84. The van der Waals surface area contributed by atoms with Crippen LogP contribution in [0.1, 0.15) is 0 Å². The van der Waals surface area contributed by atoms with Gasteiger partial charge in [0, 0.05) is 36.5 Å². The minimum atomic E-state index is -0.356. The summed E-state index contributed by atoms with van der Waals surface area (Å²) in [4.78, 5) is 1.02. The number of fused-ring (bicyclic) bond motifs is 1. The maximum atomic E-state index is 14.6. The van der Waals surface area contributed by atoms with Crippen LogP contribution in [0.25, 0.3) is 33.0 Å². The van der Waals surface area contributed by atoms with E-state index in [1.807, 2.05) is 24.3 Å². The molecule has 0 nitrogen and oxygen atoms in total. The minimum absolute atomic E-state index is 0.341. The van der Waals surface area contributed by atoms with E-state index < -0.39 is 0 Å². The number of thiol groups is 2. The Bertz CT molecular complexity index is 1190. The van der Waals surface area contributed by atoms with Crippen LogP contribution >= 0.6 is 41.2 Å². The van der Waals surface area contributed by atoms with Crippen molar-refractivity contribution in [2.45, 2.75) is 9.79 Å². The van der Waals surface area contributed by atoms with Crippen molar-refractivity contribution in [1.82, 2.24) is 0 Å². The predicted octanol–water partition coefficient (Wildman–Crippen LogP) is 7.79. The molecule has 27 heavy (non-hydrogen) atoms. The molecule has 4 rings (SSSR count). The molecule has 0 aliphatic heterocycles. The zero-order valence-corrected chi connectivity index (χ0v) is 17.3. The molecule has 0 saturated carbocycles. The van der Waals surface area contributed by atoms with Crippen molar-refractivity contribution in [3.05, 3.63) is 82.8 Å². The molecule has 0 N–H and O–H groups in total. The topological polar surface area (TPSA) is 0 Å². The number of halogens is 3. The highest BCUT2D eigenvalue weighted by molar-refractivity contribution is 9.10. The third kappa shape index (κ3) is 3.18. The van der Waals surface area contributed by atoms with E-state index in [0.29, 0.717) is 32.0 Å². The fourth-order valence-corrected chi connectivity index (χ4v) is 4.38. The summed E-state index contributed by atoms with van der Waals surface area (Å²) < 4.78 is 29.9. The lowest BCUT2D eigenvalue weighted by Gasteiger charge is -2.19. The van der Waals surface area contributed by atoms with Crippen LogP contribution in [0, 0.1) is 11.6 Å². The van der Waals surface area contributed by atoms with Crippen molar-refractivity contribution < 1.29 is 8.78 Å². The molecular formula is C22H13BrF2S2. The largest absolute Gasteiger partial charge is 0.206 e. The first kappa shape index (κ1) is 18.5. The molecule has 0 radical (unpaired) electrons. The summed E-state index contributed by atoms with van der Waals surface area (Å²) in [5.41, 5.74) is 2.14. The number of hydrogen-bond donors (Lipinski definition) is 2. The Morgan fingerprint density at radius 3 is 1.78 bits per heavy atom. The van der Waals surface area contributed by atoms with Crippen LogP contribution in [0.4, 0.5) is 8.78 Å². The van der Waals surface area contributed by atoms with Crippen LogP contribution in [0.2, 0.25) is 0 Å². The molecule has 0 amide bonds. The van der Waals surface area contributed by atoms with Gasteiger partial charge in [0.05, 0.1) is 0 Å². The van der Waals surface area contributed by atoms with Gasteiger partial charge in [-0.15, -0.1) is 25.3 Å². The van der Waals surface area contributed by atoms with E-state index in [-0.39, 0.29) is 11.6 Å². The highest BCUT2D eigenvalue weighted by atomic mass is 79.9. The molecule has 134 valence electrons. The van der Waals surface area contributed by atoms with Gasteiger partial charge in [-0.1, -0.05) is 58.4 Å². The molecule has 0 aliphatic carbocycles. The molecule has 0 spiro atoms.